The van der Waals surface area contributed by atoms with Gasteiger partial charge in [-0.15, -0.1) is 0 Å². The first kappa shape index (κ1) is 15.2. The third-order valence-corrected chi connectivity index (χ3v) is 2.99. The van der Waals surface area contributed by atoms with Crippen molar-refractivity contribution >= 4 is 0 Å². The summed E-state index contributed by atoms with van der Waals surface area (Å²) < 4.78 is 32.2. The van der Waals surface area contributed by atoms with Gasteiger partial charge in [0.05, 0.1) is 52.4 Å². The van der Waals surface area contributed by atoms with Gasteiger partial charge in [-0.3, -0.25) is 0 Å². The van der Waals surface area contributed by atoms with Crippen LogP contribution < -0.4 is 0 Å². The summed E-state index contributed by atoms with van der Waals surface area (Å²) in [6.45, 7) is 6.40. The van der Waals surface area contributed by atoms with Crippen LogP contribution in [0.1, 0.15) is 6.92 Å². The van der Waals surface area contributed by atoms with Gasteiger partial charge < -0.3 is 28.4 Å². The Hall–Kier alpha value is -0.240. The maximum absolute atomic E-state index is 5.73. The zero-order chi connectivity index (χ0) is 13.5. The van der Waals surface area contributed by atoms with Crippen LogP contribution in [-0.4, -0.2) is 77.8 Å². The normalized spacial score (nSPS) is 28.1. The van der Waals surface area contributed by atoms with Gasteiger partial charge in [0.1, 0.15) is 18.3 Å². The molecule has 6 heteroatoms. The Morgan fingerprint density at radius 2 is 1.63 bits per heavy atom. The van der Waals surface area contributed by atoms with Crippen molar-refractivity contribution in [3.63, 3.8) is 0 Å². The first-order chi connectivity index (χ1) is 9.28. The van der Waals surface area contributed by atoms with Crippen LogP contribution in [0.3, 0.4) is 0 Å². The van der Waals surface area contributed by atoms with E-state index in [-0.39, 0.29) is 24.4 Å². The molecular weight excluding hydrogens is 252 g/mol. The van der Waals surface area contributed by atoms with Crippen LogP contribution in [0, 0.1) is 0 Å². The third-order valence-electron chi connectivity index (χ3n) is 2.99. The quantitative estimate of drug-likeness (QED) is 0.476. The second kappa shape index (κ2) is 8.14. The highest BCUT2D eigenvalue weighted by molar-refractivity contribution is 4.70. The van der Waals surface area contributed by atoms with Crippen molar-refractivity contribution < 1.29 is 28.4 Å². The van der Waals surface area contributed by atoms with Crippen LogP contribution in [0.4, 0.5) is 0 Å². The molecule has 0 aromatic carbocycles. The SMILES string of the molecule is COC(C)COCC(COCC1CO1)OCC1CO1. The maximum Gasteiger partial charge on any atom is 0.104 e. The molecule has 6 nitrogen and oxygen atoms in total. The fraction of sp³-hybridized carbons (Fsp3) is 1.00. The summed E-state index contributed by atoms with van der Waals surface area (Å²) in [6.07, 6.45) is 0.564. The van der Waals surface area contributed by atoms with Crippen LogP contribution in [0.25, 0.3) is 0 Å². The molecule has 0 aliphatic carbocycles. The molecule has 0 saturated carbocycles. The van der Waals surface area contributed by atoms with Crippen LogP contribution >= 0.6 is 0 Å². The van der Waals surface area contributed by atoms with Crippen molar-refractivity contribution in [2.75, 3.05) is 53.4 Å². The Morgan fingerprint density at radius 3 is 2.26 bits per heavy atom. The van der Waals surface area contributed by atoms with E-state index in [0.29, 0.717) is 33.0 Å². The van der Waals surface area contributed by atoms with Gasteiger partial charge >= 0.3 is 0 Å². The summed E-state index contributed by atoms with van der Waals surface area (Å²) >= 11 is 0. The van der Waals surface area contributed by atoms with E-state index in [1.165, 1.54) is 0 Å². The number of methoxy groups -OCH3 is 1. The van der Waals surface area contributed by atoms with Crippen LogP contribution in [0.15, 0.2) is 0 Å². The molecule has 0 N–H and O–H groups in total. The molecule has 0 aromatic heterocycles. The highest BCUT2D eigenvalue weighted by Gasteiger charge is 2.26. The number of epoxide rings is 2. The molecule has 19 heavy (non-hydrogen) atoms. The van der Waals surface area contributed by atoms with Gasteiger partial charge in [-0.25, -0.2) is 0 Å². The molecule has 0 radical (unpaired) electrons. The van der Waals surface area contributed by atoms with E-state index < -0.39 is 0 Å². The predicted molar refractivity (Wildman–Crippen MR) is 67.3 cm³/mol. The molecular formula is C13H24O6. The van der Waals surface area contributed by atoms with Gasteiger partial charge in [-0.05, 0) is 6.92 Å². The smallest absolute Gasteiger partial charge is 0.104 e. The fourth-order valence-electron chi connectivity index (χ4n) is 1.48. The fourth-order valence-corrected chi connectivity index (χ4v) is 1.48. The molecule has 2 aliphatic heterocycles. The van der Waals surface area contributed by atoms with Gasteiger partial charge in [-0.2, -0.15) is 0 Å². The number of ether oxygens (including phenoxy) is 6. The maximum atomic E-state index is 5.73. The minimum Gasteiger partial charge on any atom is -0.379 e. The highest BCUT2D eigenvalue weighted by atomic mass is 16.6. The predicted octanol–water partition coefficient (Wildman–Crippen LogP) is 0.237. The van der Waals surface area contributed by atoms with E-state index in [2.05, 4.69) is 0 Å². The lowest BCUT2D eigenvalue weighted by atomic mass is 10.4. The monoisotopic (exact) mass is 276 g/mol. The summed E-state index contributed by atoms with van der Waals surface area (Å²) in [7, 11) is 1.67. The molecule has 2 heterocycles. The Kier molecular flexibility index (Phi) is 6.49. The van der Waals surface area contributed by atoms with E-state index in [1.54, 1.807) is 7.11 Å². The molecule has 2 rings (SSSR count). The topological polar surface area (TPSA) is 62.0 Å². The van der Waals surface area contributed by atoms with Crippen molar-refractivity contribution in [1.82, 2.24) is 0 Å². The minimum atomic E-state index is -0.0630. The van der Waals surface area contributed by atoms with Crippen molar-refractivity contribution in [3.05, 3.63) is 0 Å². The average Bonchev–Trinajstić information content (AvgIpc) is 3.27. The lowest BCUT2D eigenvalue weighted by Crippen LogP contribution is -2.29. The standard InChI is InChI=1S/C13H24O6/c1-10(14-2)3-15-4-11(17-8-13-9-19-13)5-16-6-12-7-18-12/h10-13H,3-9H2,1-2H3. The first-order valence-corrected chi connectivity index (χ1v) is 6.81. The summed E-state index contributed by atoms with van der Waals surface area (Å²) in [4.78, 5) is 0. The van der Waals surface area contributed by atoms with Gasteiger partial charge in [0.2, 0.25) is 0 Å². The molecule has 2 aliphatic rings. The lowest BCUT2D eigenvalue weighted by molar-refractivity contribution is -0.0774. The molecule has 0 spiro atoms. The van der Waals surface area contributed by atoms with E-state index in [4.69, 9.17) is 28.4 Å². The Bertz CT molecular complexity index is 241. The van der Waals surface area contributed by atoms with Crippen molar-refractivity contribution in [1.29, 1.82) is 0 Å². The van der Waals surface area contributed by atoms with Gasteiger partial charge in [-0.1, -0.05) is 0 Å². The van der Waals surface area contributed by atoms with E-state index in [9.17, 15) is 0 Å². The highest BCUT2D eigenvalue weighted by Crippen LogP contribution is 2.12. The third kappa shape index (κ3) is 7.20. The summed E-state index contributed by atoms with van der Waals surface area (Å²) in [5.74, 6) is 0. The number of rotatable bonds is 12. The molecule has 0 amide bonds. The van der Waals surface area contributed by atoms with Gasteiger partial charge in [0.15, 0.2) is 0 Å². The molecule has 0 aromatic rings. The second-order valence-electron chi connectivity index (χ2n) is 4.99. The van der Waals surface area contributed by atoms with E-state index in [1.807, 2.05) is 6.92 Å². The Labute approximate surface area is 114 Å². The van der Waals surface area contributed by atoms with Crippen molar-refractivity contribution in [3.8, 4) is 0 Å². The van der Waals surface area contributed by atoms with Crippen molar-refractivity contribution in [2.45, 2.75) is 31.3 Å². The van der Waals surface area contributed by atoms with Crippen LogP contribution in [0.2, 0.25) is 0 Å². The first-order valence-electron chi connectivity index (χ1n) is 6.81. The van der Waals surface area contributed by atoms with Gasteiger partial charge in [0.25, 0.3) is 0 Å². The zero-order valence-corrected chi connectivity index (χ0v) is 11.7. The van der Waals surface area contributed by atoms with E-state index in [0.717, 1.165) is 13.2 Å². The van der Waals surface area contributed by atoms with Crippen LogP contribution in [-0.2, 0) is 28.4 Å². The molecule has 4 atom stereocenters. The molecule has 112 valence electrons. The largest absolute Gasteiger partial charge is 0.379 e. The van der Waals surface area contributed by atoms with Crippen molar-refractivity contribution in [2.24, 2.45) is 0 Å². The Morgan fingerprint density at radius 1 is 1.00 bits per heavy atom. The lowest BCUT2D eigenvalue weighted by Gasteiger charge is -2.19. The summed E-state index contributed by atoms with van der Waals surface area (Å²) in [5, 5.41) is 0. The summed E-state index contributed by atoms with van der Waals surface area (Å²) in [5.41, 5.74) is 0. The minimum absolute atomic E-state index is 0.0630. The zero-order valence-electron chi connectivity index (χ0n) is 11.7. The molecule has 4 unspecified atom stereocenters. The molecule has 2 fully saturated rings. The second-order valence-corrected chi connectivity index (χ2v) is 4.99. The number of hydrogen-bond acceptors (Lipinski definition) is 6. The average molecular weight is 276 g/mol. The van der Waals surface area contributed by atoms with Crippen LogP contribution in [0.5, 0.6) is 0 Å². The Balaban J connectivity index is 1.56. The summed E-state index contributed by atoms with van der Waals surface area (Å²) in [6, 6.07) is 0. The van der Waals surface area contributed by atoms with Gasteiger partial charge in [0, 0.05) is 7.11 Å². The molecule has 2 saturated heterocycles. The molecule has 0 bridgehead atoms. The van der Waals surface area contributed by atoms with E-state index >= 15 is 0 Å². The number of hydrogen-bond donors (Lipinski definition) is 0.